The number of nitrogens with one attached hydrogen (secondary N) is 2. The summed E-state index contributed by atoms with van der Waals surface area (Å²) < 4.78 is 1.32. The summed E-state index contributed by atoms with van der Waals surface area (Å²) in [5, 5.41) is 30.1. The number of carboxylic acid groups (broad SMARTS) is 1. The summed E-state index contributed by atoms with van der Waals surface area (Å²) in [4.78, 5) is 28.6. The number of carboxylic acids is 1. The van der Waals surface area contributed by atoms with Crippen LogP contribution in [0.15, 0.2) is 33.6 Å². The molecule has 17 heteroatoms. The summed E-state index contributed by atoms with van der Waals surface area (Å²) in [6.07, 6.45) is 0.0524. The number of rotatable bonds is 7. The van der Waals surface area contributed by atoms with Gasteiger partial charge in [-0.3, -0.25) is 4.57 Å². The van der Waals surface area contributed by atoms with Crippen LogP contribution in [0.5, 0.6) is 0 Å². The quantitative estimate of drug-likeness (QED) is 0.142. The molecule has 2 aromatic heterocycles. The zero-order valence-corrected chi connectivity index (χ0v) is 18.1. The number of aromatic nitrogens is 3. The maximum Gasteiger partial charge on any atom is 0.352 e. The number of H-pyrrole nitrogens is 1. The zero-order valence-electron chi connectivity index (χ0n) is 17.4. The van der Waals surface area contributed by atoms with Crippen molar-refractivity contribution in [3.63, 3.8) is 0 Å². The van der Waals surface area contributed by atoms with Gasteiger partial charge in [-0.05, 0) is 35.0 Å². The normalized spacial score (nSPS) is 29.8. The van der Waals surface area contributed by atoms with Gasteiger partial charge in [0.25, 0.3) is 0 Å². The molecular weight excluding hydrogens is 470 g/mol. The monoisotopic (exact) mass is 489 g/mol. The molecule has 1 aliphatic heterocycles. The highest BCUT2D eigenvalue weighted by molar-refractivity contribution is 6.22. The number of aromatic carboxylic acids is 1. The van der Waals surface area contributed by atoms with Crippen molar-refractivity contribution >= 4 is 29.5 Å². The Labute approximate surface area is 195 Å². The Hall–Kier alpha value is -4.10. The molecule has 2 aromatic rings. The van der Waals surface area contributed by atoms with E-state index in [1.165, 1.54) is 22.9 Å². The lowest BCUT2D eigenvalue weighted by Crippen LogP contribution is -2.60. The first-order valence-corrected chi connectivity index (χ1v) is 10.4. The molecule has 0 amide bonds. The maximum atomic E-state index is 11.8. The number of nitrogens with zero attached hydrogens (tertiary/aromatic N) is 9. The van der Waals surface area contributed by atoms with E-state index in [0.717, 1.165) is 0 Å². The molecule has 8 N–H and O–H groups in total. The molecule has 34 heavy (non-hydrogen) atoms. The van der Waals surface area contributed by atoms with Crippen LogP contribution in [0.25, 0.3) is 26.7 Å². The van der Waals surface area contributed by atoms with Gasteiger partial charge in [-0.2, -0.15) is 4.98 Å². The summed E-state index contributed by atoms with van der Waals surface area (Å²) >= 11 is 6.89. The average Bonchev–Trinajstić information content (AvgIpc) is 3.52. The van der Waals surface area contributed by atoms with Gasteiger partial charge in [-0.15, -0.1) is 11.6 Å². The molecule has 178 valence electrons. The van der Waals surface area contributed by atoms with Crippen LogP contribution in [0, 0.1) is 11.8 Å². The van der Waals surface area contributed by atoms with E-state index in [9.17, 15) is 15.0 Å². The molecule has 0 unspecified atom stereocenters. The minimum absolute atomic E-state index is 0.0290. The Morgan fingerprint density at radius 2 is 1.97 bits per heavy atom. The second-order valence-electron chi connectivity index (χ2n) is 7.91. The fraction of sp³-hybridized carbons (Fsp3) is 0.471. The number of nitrogens with two attached hydrogens (primary N) is 2. The van der Waals surface area contributed by atoms with Crippen molar-refractivity contribution in [1.82, 2.24) is 19.9 Å². The molecule has 1 spiro atoms. The number of aromatic amines is 1. The lowest BCUT2D eigenvalue weighted by atomic mass is 9.79. The van der Waals surface area contributed by atoms with Gasteiger partial charge in [0.1, 0.15) is 11.2 Å². The van der Waals surface area contributed by atoms with Gasteiger partial charge in [-0.25, -0.2) is 9.79 Å². The summed E-state index contributed by atoms with van der Waals surface area (Å²) in [5.41, 5.74) is 28.5. The Kier molecular flexibility index (Phi) is 5.89. The molecule has 1 fully saturated rings. The van der Waals surface area contributed by atoms with Crippen molar-refractivity contribution in [2.75, 3.05) is 18.8 Å². The Morgan fingerprint density at radius 3 is 2.56 bits per heavy atom. The van der Waals surface area contributed by atoms with Crippen molar-refractivity contribution in [2.24, 2.45) is 32.8 Å². The number of anilines is 1. The van der Waals surface area contributed by atoms with Crippen LogP contribution in [0.3, 0.4) is 0 Å². The first kappa shape index (κ1) is 23.1. The number of nitrogen functional groups attached to an aromatic ring is 1. The van der Waals surface area contributed by atoms with Gasteiger partial charge in [0, 0.05) is 35.0 Å². The lowest BCUT2D eigenvalue weighted by Gasteiger charge is -2.37. The van der Waals surface area contributed by atoms with E-state index >= 15 is 0 Å². The second kappa shape index (κ2) is 8.68. The van der Waals surface area contributed by atoms with Gasteiger partial charge in [0.05, 0.1) is 11.1 Å². The van der Waals surface area contributed by atoms with E-state index in [2.05, 4.69) is 40.3 Å². The molecule has 16 nitrogen and oxygen atoms in total. The number of carbonyl (C=O) groups is 1. The van der Waals surface area contributed by atoms with Crippen molar-refractivity contribution in [3.8, 4) is 5.82 Å². The van der Waals surface area contributed by atoms with E-state index in [4.69, 9.17) is 34.1 Å². The molecule has 6 atom stereocenters. The number of hydrogen-bond acceptors (Lipinski definition) is 9. The number of alkyl halides is 1. The van der Waals surface area contributed by atoms with Crippen molar-refractivity contribution in [1.29, 1.82) is 0 Å². The number of aliphatic hydroxyl groups is 1. The fourth-order valence-corrected chi connectivity index (χ4v) is 5.64. The molecule has 1 saturated carbocycles. The molecule has 1 aliphatic carbocycles. The standard InChI is InChI=1S/C17H20ClN13O3/c18-11-7(5-24-30-22)6(4-23-29-21)9(17(11)14(34)27-16(20)28-17)10-12(26-15(19)25-10)31-3-1-2-8(31)13(32)33/h1-3,6-7,9,11,14,34H,4-5H2,(H,32,33)(H3,19,25,26)(H3,20,27,28)/t6-,7-,9-,11+,14+,17+/m1/s1. The Morgan fingerprint density at radius 1 is 1.29 bits per heavy atom. The molecule has 2 aliphatic rings. The van der Waals surface area contributed by atoms with E-state index in [0.29, 0.717) is 5.69 Å². The number of aliphatic hydroxyl groups excluding tert-OH is 1. The summed E-state index contributed by atoms with van der Waals surface area (Å²) in [6, 6.07) is 2.91. The topological polar surface area (TPSA) is 265 Å². The van der Waals surface area contributed by atoms with Crippen LogP contribution in [-0.4, -0.2) is 66.9 Å². The third kappa shape index (κ3) is 3.41. The molecule has 0 bridgehead atoms. The minimum Gasteiger partial charge on any atom is -0.477 e. The highest BCUT2D eigenvalue weighted by Crippen LogP contribution is 2.56. The SMILES string of the molecule is [N-]=[N+]=NC[C@@H]1[C@@H](CN=[N+]=[N-])[C@H](c2[nH]c(N)nc2-n2cccc2C(=O)O)[C@]2(NC(N)=N[C@H]2O)[C@H]1Cl. The Bertz CT molecular complexity index is 1240. The maximum absolute atomic E-state index is 11.8. The first-order valence-electron chi connectivity index (χ1n) is 9.97. The number of azide groups is 2. The number of halogens is 1. The number of hydrogen-bond donors (Lipinski definition) is 6. The Balaban J connectivity index is 1.96. The third-order valence-corrected chi connectivity index (χ3v) is 6.99. The molecular formula is C17H20ClN13O3. The minimum atomic E-state index is -1.44. The second-order valence-corrected chi connectivity index (χ2v) is 8.38. The van der Waals surface area contributed by atoms with Crippen molar-refractivity contribution in [2.45, 2.75) is 23.1 Å². The van der Waals surface area contributed by atoms with Gasteiger partial charge < -0.3 is 32.0 Å². The van der Waals surface area contributed by atoms with Crippen molar-refractivity contribution < 1.29 is 15.0 Å². The summed E-state index contributed by atoms with van der Waals surface area (Å²) in [5.74, 6) is -3.21. The number of imidazole rings is 1. The molecule has 0 radical (unpaired) electrons. The van der Waals surface area contributed by atoms with Gasteiger partial charge >= 0.3 is 5.97 Å². The van der Waals surface area contributed by atoms with Crippen LogP contribution < -0.4 is 16.8 Å². The van der Waals surface area contributed by atoms with Gasteiger partial charge in [0.15, 0.2) is 24.0 Å². The number of aliphatic imine (C=N–C) groups is 1. The zero-order chi connectivity index (χ0) is 24.6. The van der Waals surface area contributed by atoms with Crippen LogP contribution >= 0.6 is 11.6 Å². The average molecular weight is 490 g/mol. The highest BCUT2D eigenvalue weighted by Gasteiger charge is 2.66. The molecule has 3 heterocycles. The van der Waals surface area contributed by atoms with Gasteiger partial charge in [0.2, 0.25) is 0 Å². The van der Waals surface area contributed by atoms with Crippen LogP contribution in [0.2, 0.25) is 0 Å². The van der Waals surface area contributed by atoms with E-state index in [1.54, 1.807) is 0 Å². The largest absolute Gasteiger partial charge is 0.477 e. The predicted molar refractivity (Wildman–Crippen MR) is 120 cm³/mol. The third-order valence-electron chi connectivity index (χ3n) is 6.31. The predicted octanol–water partition coefficient (Wildman–Crippen LogP) is 1.01. The molecule has 0 aromatic carbocycles. The first-order chi connectivity index (χ1) is 16.3. The number of guanidine groups is 1. The smallest absolute Gasteiger partial charge is 0.352 e. The highest BCUT2D eigenvalue weighted by atomic mass is 35.5. The van der Waals surface area contributed by atoms with E-state index in [-0.39, 0.29) is 36.5 Å². The summed E-state index contributed by atoms with van der Waals surface area (Å²) in [6.45, 7) is -0.173. The molecule has 0 saturated heterocycles. The van der Waals surface area contributed by atoms with Gasteiger partial charge in [-0.1, -0.05) is 10.2 Å². The lowest BCUT2D eigenvalue weighted by molar-refractivity contribution is 0.0687. The van der Waals surface area contributed by atoms with Crippen LogP contribution in [-0.2, 0) is 0 Å². The van der Waals surface area contributed by atoms with Crippen molar-refractivity contribution in [3.05, 3.63) is 50.6 Å². The molecule has 4 rings (SSSR count). The fourth-order valence-electron chi connectivity index (χ4n) is 5.07. The van der Waals surface area contributed by atoms with E-state index < -0.39 is 40.9 Å². The summed E-state index contributed by atoms with van der Waals surface area (Å²) in [7, 11) is 0. The van der Waals surface area contributed by atoms with Crippen LogP contribution in [0.4, 0.5) is 5.95 Å². The van der Waals surface area contributed by atoms with Crippen LogP contribution in [0.1, 0.15) is 22.1 Å². The van der Waals surface area contributed by atoms with E-state index in [1.807, 2.05) is 0 Å².